The molecule has 1 amide bonds. The van der Waals surface area contributed by atoms with E-state index < -0.39 is 23.7 Å². The first-order valence-electron chi connectivity index (χ1n) is 8.55. The summed E-state index contributed by atoms with van der Waals surface area (Å²) in [6.07, 6.45) is 3.98. The van der Waals surface area contributed by atoms with E-state index in [4.69, 9.17) is 9.47 Å². The Morgan fingerprint density at radius 2 is 1.84 bits per heavy atom. The van der Waals surface area contributed by atoms with Crippen LogP contribution in [-0.4, -0.2) is 41.8 Å². The number of benzene rings is 1. The summed E-state index contributed by atoms with van der Waals surface area (Å²) in [6.45, 7) is 7.34. The smallest absolute Gasteiger partial charge is 0.411 e. The predicted octanol–water partition coefficient (Wildman–Crippen LogP) is 3.90. The monoisotopic (exact) mass is 345 g/mol. The van der Waals surface area contributed by atoms with E-state index >= 15 is 0 Å². The Morgan fingerprint density at radius 3 is 2.36 bits per heavy atom. The molecule has 25 heavy (non-hydrogen) atoms. The lowest BCUT2D eigenvalue weighted by atomic mass is 9.90. The number of carbonyl (C=O) groups is 2. The molecule has 5 heteroatoms. The SMILES string of the molecule is C/C=C/[C@@H]1C[C@@H](c2ccccc2)[C@@H](C(=O)OC)N1C(=O)OC(C)(C)C. The second-order valence-electron chi connectivity index (χ2n) is 7.20. The summed E-state index contributed by atoms with van der Waals surface area (Å²) in [4.78, 5) is 26.9. The summed E-state index contributed by atoms with van der Waals surface area (Å²) in [5, 5.41) is 0. The third-order valence-electron chi connectivity index (χ3n) is 4.22. The third-order valence-corrected chi connectivity index (χ3v) is 4.22. The molecule has 1 fully saturated rings. The third kappa shape index (κ3) is 4.41. The van der Waals surface area contributed by atoms with Crippen molar-refractivity contribution in [2.45, 2.75) is 57.7 Å². The standard InChI is InChI=1S/C20H27NO4/c1-6-10-15-13-16(14-11-8-7-9-12-14)17(18(22)24-5)21(15)19(23)25-20(2,3)4/h6-12,15-17H,13H2,1-5H3/b10-6+/t15-,16+,17+/m1/s1. The number of hydrogen-bond acceptors (Lipinski definition) is 4. The molecule has 0 N–H and O–H groups in total. The van der Waals surface area contributed by atoms with Gasteiger partial charge in [0.05, 0.1) is 13.2 Å². The normalized spacial score (nSPS) is 23.7. The zero-order valence-electron chi connectivity index (χ0n) is 15.6. The molecule has 0 unspecified atom stereocenters. The fraction of sp³-hybridized carbons (Fsp3) is 0.500. The highest BCUT2D eigenvalue weighted by molar-refractivity contribution is 5.84. The van der Waals surface area contributed by atoms with E-state index in [9.17, 15) is 9.59 Å². The summed E-state index contributed by atoms with van der Waals surface area (Å²) in [5.74, 6) is -0.561. The molecule has 1 heterocycles. The molecule has 2 rings (SSSR count). The van der Waals surface area contributed by atoms with Crippen LogP contribution in [0.3, 0.4) is 0 Å². The Morgan fingerprint density at radius 1 is 1.20 bits per heavy atom. The number of carbonyl (C=O) groups excluding carboxylic acids is 2. The second kappa shape index (κ2) is 7.72. The number of esters is 1. The van der Waals surface area contributed by atoms with Crippen molar-refractivity contribution in [3.8, 4) is 0 Å². The van der Waals surface area contributed by atoms with Crippen molar-refractivity contribution in [2.75, 3.05) is 7.11 Å². The molecule has 1 aliphatic heterocycles. The predicted molar refractivity (Wildman–Crippen MR) is 96.3 cm³/mol. The van der Waals surface area contributed by atoms with Crippen LogP contribution in [0.5, 0.6) is 0 Å². The molecule has 0 saturated carbocycles. The summed E-state index contributed by atoms with van der Waals surface area (Å²) in [7, 11) is 1.35. The molecule has 5 nitrogen and oxygen atoms in total. The molecular formula is C20H27NO4. The summed E-state index contributed by atoms with van der Waals surface area (Å²) in [5.41, 5.74) is 0.377. The van der Waals surface area contributed by atoms with Crippen molar-refractivity contribution in [2.24, 2.45) is 0 Å². The van der Waals surface area contributed by atoms with Gasteiger partial charge in [0, 0.05) is 5.92 Å². The van der Waals surface area contributed by atoms with Gasteiger partial charge < -0.3 is 9.47 Å². The highest BCUT2D eigenvalue weighted by Crippen LogP contribution is 2.39. The van der Waals surface area contributed by atoms with E-state index in [-0.39, 0.29) is 12.0 Å². The second-order valence-corrected chi connectivity index (χ2v) is 7.20. The topological polar surface area (TPSA) is 55.8 Å². The fourth-order valence-corrected chi connectivity index (χ4v) is 3.28. The van der Waals surface area contributed by atoms with Gasteiger partial charge in [-0.05, 0) is 39.7 Å². The van der Waals surface area contributed by atoms with E-state index in [1.54, 1.807) is 0 Å². The molecule has 1 saturated heterocycles. The summed E-state index contributed by atoms with van der Waals surface area (Å²) < 4.78 is 10.6. The van der Waals surface area contributed by atoms with Gasteiger partial charge in [-0.3, -0.25) is 4.90 Å². The van der Waals surface area contributed by atoms with Crippen LogP contribution in [0.15, 0.2) is 42.5 Å². The zero-order valence-corrected chi connectivity index (χ0v) is 15.6. The lowest BCUT2D eigenvalue weighted by Gasteiger charge is -2.31. The molecule has 0 bridgehead atoms. The van der Waals surface area contributed by atoms with Gasteiger partial charge in [-0.15, -0.1) is 0 Å². The number of nitrogens with zero attached hydrogens (tertiary/aromatic N) is 1. The van der Waals surface area contributed by atoms with Crippen molar-refractivity contribution in [1.29, 1.82) is 0 Å². The largest absolute Gasteiger partial charge is 0.467 e. The van der Waals surface area contributed by atoms with Crippen molar-refractivity contribution >= 4 is 12.1 Å². The molecule has 0 aromatic heterocycles. The summed E-state index contributed by atoms with van der Waals surface area (Å²) in [6, 6.07) is 8.84. The molecule has 3 atom stereocenters. The molecule has 136 valence electrons. The van der Waals surface area contributed by atoms with Crippen LogP contribution in [0.1, 0.15) is 45.6 Å². The lowest BCUT2D eigenvalue weighted by molar-refractivity contribution is -0.146. The lowest BCUT2D eigenvalue weighted by Crippen LogP contribution is -2.48. The van der Waals surface area contributed by atoms with Crippen LogP contribution in [-0.2, 0) is 14.3 Å². The van der Waals surface area contributed by atoms with Gasteiger partial charge in [-0.2, -0.15) is 0 Å². The zero-order chi connectivity index (χ0) is 18.6. The number of amides is 1. The van der Waals surface area contributed by atoms with E-state index in [1.165, 1.54) is 12.0 Å². The quantitative estimate of drug-likeness (QED) is 0.616. The van der Waals surface area contributed by atoms with Crippen LogP contribution in [0.4, 0.5) is 4.79 Å². The Kier molecular flexibility index (Phi) is 5.88. The molecule has 0 radical (unpaired) electrons. The van der Waals surface area contributed by atoms with Crippen LogP contribution < -0.4 is 0 Å². The highest BCUT2D eigenvalue weighted by atomic mass is 16.6. The van der Waals surface area contributed by atoms with E-state index in [0.717, 1.165) is 5.56 Å². The number of ether oxygens (including phenoxy) is 2. The van der Waals surface area contributed by atoms with Gasteiger partial charge in [0.15, 0.2) is 0 Å². The minimum atomic E-state index is -0.705. The first kappa shape index (κ1) is 19.0. The minimum Gasteiger partial charge on any atom is -0.467 e. The fourth-order valence-electron chi connectivity index (χ4n) is 3.28. The molecule has 1 aromatic carbocycles. The Hall–Kier alpha value is -2.30. The average molecular weight is 345 g/mol. The van der Waals surface area contributed by atoms with Crippen LogP contribution >= 0.6 is 0 Å². The maximum Gasteiger partial charge on any atom is 0.411 e. The number of hydrogen-bond donors (Lipinski definition) is 0. The number of methoxy groups -OCH3 is 1. The highest BCUT2D eigenvalue weighted by Gasteiger charge is 2.49. The van der Waals surface area contributed by atoms with E-state index in [1.807, 2.05) is 70.2 Å². The van der Waals surface area contributed by atoms with Gasteiger partial charge in [0.2, 0.25) is 0 Å². The number of rotatable bonds is 3. The van der Waals surface area contributed by atoms with Gasteiger partial charge in [-0.1, -0.05) is 42.5 Å². The van der Waals surface area contributed by atoms with Gasteiger partial charge in [-0.25, -0.2) is 9.59 Å². The van der Waals surface area contributed by atoms with Crippen molar-refractivity contribution < 1.29 is 19.1 Å². The first-order valence-corrected chi connectivity index (χ1v) is 8.55. The van der Waals surface area contributed by atoms with E-state index in [0.29, 0.717) is 6.42 Å². The van der Waals surface area contributed by atoms with Crippen LogP contribution in [0, 0.1) is 0 Å². The maximum atomic E-state index is 12.8. The van der Waals surface area contributed by atoms with Crippen molar-refractivity contribution in [3.05, 3.63) is 48.0 Å². The Labute approximate surface area is 149 Å². The van der Waals surface area contributed by atoms with Gasteiger partial charge in [0.1, 0.15) is 11.6 Å². The molecule has 0 spiro atoms. The van der Waals surface area contributed by atoms with E-state index in [2.05, 4.69) is 0 Å². The summed E-state index contributed by atoms with van der Waals surface area (Å²) >= 11 is 0. The minimum absolute atomic E-state index is 0.137. The van der Waals surface area contributed by atoms with Gasteiger partial charge >= 0.3 is 12.1 Å². The molecular weight excluding hydrogens is 318 g/mol. The molecule has 1 aliphatic rings. The Bertz CT molecular complexity index is 633. The average Bonchev–Trinajstić information content (AvgIpc) is 2.93. The van der Waals surface area contributed by atoms with Gasteiger partial charge in [0.25, 0.3) is 0 Å². The van der Waals surface area contributed by atoms with Crippen LogP contribution in [0.25, 0.3) is 0 Å². The Balaban J connectivity index is 2.44. The number of likely N-dealkylation sites (tertiary alicyclic amines) is 1. The van der Waals surface area contributed by atoms with Crippen LogP contribution in [0.2, 0.25) is 0 Å². The molecule has 0 aliphatic carbocycles. The van der Waals surface area contributed by atoms with Crippen molar-refractivity contribution in [1.82, 2.24) is 4.90 Å². The van der Waals surface area contributed by atoms with Crippen molar-refractivity contribution in [3.63, 3.8) is 0 Å². The molecule has 1 aromatic rings. The maximum absolute atomic E-state index is 12.8. The first-order chi connectivity index (χ1) is 11.8. The number of allylic oxidation sites excluding steroid dienone is 1.